The summed E-state index contributed by atoms with van der Waals surface area (Å²) >= 11 is -0.608. The zero-order valence-electron chi connectivity index (χ0n) is 23.7. The Morgan fingerprint density at radius 2 is 1.36 bits per heavy atom. The summed E-state index contributed by atoms with van der Waals surface area (Å²) in [6.07, 6.45) is 34.6. The third-order valence-electron chi connectivity index (χ3n) is 5.17. The summed E-state index contributed by atoms with van der Waals surface area (Å²) in [4.78, 5) is 33.7. The highest BCUT2D eigenvalue weighted by molar-refractivity contribution is 14.2. The average molecular weight is 649 g/mol. The molecule has 0 atom stereocenters. The van der Waals surface area contributed by atoms with Crippen LogP contribution in [-0.4, -0.2) is 45.0 Å². The Labute approximate surface area is 245 Å². The molecule has 1 aliphatic heterocycles. The van der Waals surface area contributed by atoms with Crippen LogP contribution in [-0.2, 0) is 14.4 Å². The number of carbonyl (C=O) groups is 2. The molecule has 0 aromatic rings. The predicted octanol–water partition coefficient (Wildman–Crippen LogP) is 6.56. The summed E-state index contributed by atoms with van der Waals surface area (Å²) in [5, 5.41) is 5.62. The second-order valence-corrected chi connectivity index (χ2v) is 10.5. The standard InChI is InChI=1S/C31H45IN4O3/c1-4-5-6-7-8-9-10-11-12-13-14-15-16-17-18-19-20-21-22-23-30(37)33-24-25-34-31(38)29-26-32-36(39-3)28(2)27-35-29/h5-6,8-9,11-12,14-15,17-18,20-21,26-27H,4,7,10,13,16,19,22-25H2,1-3H3,(H,33,37)(H,34,38)/b6-5-,9-8-,12-11-,15-14-,18-17-,21-20-. The summed E-state index contributed by atoms with van der Waals surface area (Å²) < 4.78 is 3.57. The van der Waals surface area contributed by atoms with Gasteiger partial charge in [0.05, 0.1) is 12.8 Å². The maximum absolute atomic E-state index is 12.3. The van der Waals surface area contributed by atoms with Gasteiger partial charge in [0.15, 0.2) is 0 Å². The molecule has 8 heteroatoms. The molecule has 0 unspecified atom stereocenters. The summed E-state index contributed by atoms with van der Waals surface area (Å²) in [6, 6.07) is 0. The second kappa shape index (κ2) is 24.2. The maximum Gasteiger partial charge on any atom is 0.270 e. The lowest BCUT2D eigenvalue weighted by molar-refractivity contribution is -0.121. The van der Waals surface area contributed by atoms with Gasteiger partial charge in [-0.15, -0.1) is 0 Å². The van der Waals surface area contributed by atoms with E-state index in [4.69, 9.17) is 4.84 Å². The average Bonchev–Trinajstić information content (AvgIpc) is 3.13. The lowest BCUT2D eigenvalue weighted by atomic mass is 10.2. The molecule has 0 aromatic heterocycles. The van der Waals surface area contributed by atoms with E-state index in [1.54, 1.807) is 16.6 Å². The predicted molar refractivity (Wildman–Crippen MR) is 174 cm³/mol. The van der Waals surface area contributed by atoms with Crippen molar-refractivity contribution in [1.82, 2.24) is 13.9 Å². The van der Waals surface area contributed by atoms with Gasteiger partial charge in [-0.2, -0.15) is 0 Å². The van der Waals surface area contributed by atoms with Gasteiger partial charge in [-0.05, 0) is 51.9 Å². The quantitative estimate of drug-likeness (QED) is 0.0720. The van der Waals surface area contributed by atoms with Crippen LogP contribution in [0.1, 0.15) is 65.2 Å². The van der Waals surface area contributed by atoms with Crippen molar-refractivity contribution in [3.63, 3.8) is 0 Å². The first-order valence-corrected chi connectivity index (χ1v) is 15.8. The van der Waals surface area contributed by atoms with E-state index in [0.717, 1.165) is 44.2 Å². The summed E-state index contributed by atoms with van der Waals surface area (Å²) in [7, 11) is 1.60. The van der Waals surface area contributed by atoms with Gasteiger partial charge in [0.1, 0.15) is 5.71 Å². The molecule has 2 amide bonds. The number of nitrogens with zero attached hydrogens (tertiary/aromatic N) is 2. The van der Waals surface area contributed by atoms with Crippen molar-refractivity contribution >= 4 is 42.5 Å². The first kappa shape index (κ1) is 34.2. The molecule has 39 heavy (non-hydrogen) atoms. The summed E-state index contributed by atoms with van der Waals surface area (Å²) in [6.45, 7) is 4.77. The van der Waals surface area contributed by atoms with Gasteiger partial charge in [0.2, 0.25) is 5.91 Å². The highest BCUT2D eigenvalue weighted by atomic mass is 127. The Morgan fingerprint density at radius 3 is 1.90 bits per heavy atom. The molecule has 2 N–H and O–H groups in total. The maximum atomic E-state index is 12.3. The van der Waals surface area contributed by atoms with E-state index in [1.165, 1.54) is 0 Å². The molecule has 214 valence electrons. The minimum Gasteiger partial charge on any atom is -0.354 e. The molecule has 0 spiro atoms. The zero-order valence-corrected chi connectivity index (χ0v) is 25.8. The number of rotatable bonds is 19. The van der Waals surface area contributed by atoms with Gasteiger partial charge in [-0.1, -0.05) is 79.8 Å². The topological polar surface area (TPSA) is 83.0 Å². The SMILES string of the molecule is CC/C=C\C/C=C\C/C=C\C/C=C\C/C=C\C/C=C\CCC(=O)NCCNC(=O)C1=NC=C(C)N(OC)I=C1. The minimum atomic E-state index is -0.608. The van der Waals surface area contributed by atoms with Gasteiger partial charge in [-0.25, -0.2) is 8.27 Å². The van der Waals surface area contributed by atoms with Crippen LogP contribution < -0.4 is 10.6 Å². The van der Waals surface area contributed by atoms with Crippen LogP contribution in [0.15, 0.2) is 89.8 Å². The van der Waals surface area contributed by atoms with E-state index < -0.39 is 21.0 Å². The summed E-state index contributed by atoms with van der Waals surface area (Å²) in [5.41, 5.74) is 1.24. The van der Waals surface area contributed by atoms with Crippen molar-refractivity contribution in [2.45, 2.75) is 65.2 Å². The molecule has 0 saturated heterocycles. The Kier molecular flexibility index (Phi) is 21.2. The van der Waals surface area contributed by atoms with Crippen molar-refractivity contribution in [3.8, 4) is 0 Å². The van der Waals surface area contributed by atoms with Crippen LogP contribution >= 0.6 is 21.0 Å². The zero-order chi connectivity index (χ0) is 28.4. The number of carbonyl (C=O) groups excluding carboxylic acids is 2. The number of hydrogen-bond donors (Lipinski definition) is 2. The van der Waals surface area contributed by atoms with Crippen molar-refractivity contribution in [1.29, 1.82) is 0 Å². The molecule has 1 heterocycles. The van der Waals surface area contributed by atoms with Crippen LogP contribution in [0.3, 0.4) is 0 Å². The minimum absolute atomic E-state index is 0.0256. The molecular formula is C31H45IN4O3. The van der Waals surface area contributed by atoms with Crippen LogP contribution in [0.25, 0.3) is 0 Å². The highest BCUT2D eigenvalue weighted by Gasteiger charge is 2.12. The lowest BCUT2D eigenvalue weighted by Gasteiger charge is -2.13. The molecule has 0 aromatic carbocycles. The smallest absolute Gasteiger partial charge is 0.270 e. The fourth-order valence-corrected chi connectivity index (χ4v) is 4.86. The van der Waals surface area contributed by atoms with E-state index >= 15 is 0 Å². The molecule has 0 saturated carbocycles. The molecule has 1 rings (SSSR count). The monoisotopic (exact) mass is 648 g/mol. The Bertz CT molecular complexity index is 988. The number of hydrogen-bond acceptors (Lipinski definition) is 5. The largest absolute Gasteiger partial charge is 0.354 e. The molecule has 7 nitrogen and oxygen atoms in total. The Morgan fingerprint density at radius 1 is 0.846 bits per heavy atom. The third-order valence-corrected chi connectivity index (χ3v) is 7.70. The normalized spacial score (nSPS) is 14.6. The molecular weight excluding hydrogens is 603 g/mol. The number of aliphatic imine (C=N–C) groups is 1. The summed E-state index contributed by atoms with van der Waals surface area (Å²) in [5.74, 6) is -0.272. The van der Waals surface area contributed by atoms with E-state index in [-0.39, 0.29) is 11.8 Å². The third kappa shape index (κ3) is 18.9. The fourth-order valence-electron chi connectivity index (χ4n) is 3.11. The molecule has 0 aliphatic carbocycles. The number of hydroxylamine groups is 1. The highest BCUT2D eigenvalue weighted by Crippen LogP contribution is 2.17. The van der Waals surface area contributed by atoms with Gasteiger partial charge < -0.3 is 10.6 Å². The fraction of sp³-hybridized carbons (Fsp3) is 0.419. The number of amides is 2. The van der Waals surface area contributed by atoms with E-state index in [9.17, 15) is 9.59 Å². The molecule has 0 bridgehead atoms. The first-order chi connectivity index (χ1) is 19.1. The lowest BCUT2D eigenvalue weighted by Crippen LogP contribution is -2.38. The second-order valence-electron chi connectivity index (χ2n) is 8.48. The van der Waals surface area contributed by atoms with Crippen LogP contribution in [0.2, 0.25) is 0 Å². The van der Waals surface area contributed by atoms with Crippen LogP contribution in [0.4, 0.5) is 0 Å². The van der Waals surface area contributed by atoms with Gasteiger partial charge in [-0.3, -0.25) is 14.4 Å². The number of halogens is 1. The number of nitrogens with one attached hydrogen (secondary N) is 2. The van der Waals surface area contributed by atoms with Gasteiger partial charge >= 0.3 is 0 Å². The first-order valence-electron chi connectivity index (χ1n) is 13.6. The van der Waals surface area contributed by atoms with Crippen molar-refractivity contribution in [2.24, 2.45) is 4.99 Å². The van der Waals surface area contributed by atoms with E-state index in [1.807, 2.05) is 17.0 Å². The van der Waals surface area contributed by atoms with Gasteiger partial charge in [0.25, 0.3) is 5.91 Å². The molecule has 1 aliphatic rings. The Balaban J connectivity index is 2.04. The Hall–Kier alpha value is -2.85. The van der Waals surface area contributed by atoms with Crippen LogP contribution in [0.5, 0.6) is 0 Å². The van der Waals surface area contributed by atoms with E-state index in [2.05, 4.69) is 89.4 Å². The van der Waals surface area contributed by atoms with Gasteiger partial charge in [0, 0.05) is 50.7 Å². The number of allylic oxidation sites excluding steroid dienone is 13. The van der Waals surface area contributed by atoms with Crippen molar-refractivity contribution in [3.05, 3.63) is 84.8 Å². The van der Waals surface area contributed by atoms with Crippen molar-refractivity contribution < 1.29 is 14.4 Å². The van der Waals surface area contributed by atoms with Crippen LogP contribution in [0, 0.1) is 0 Å². The molecule has 0 fully saturated rings. The molecule has 0 radical (unpaired) electrons. The van der Waals surface area contributed by atoms with Crippen molar-refractivity contribution in [2.75, 3.05) is 20.2 Å². The van der Waals surface area contributed by atoms with E-state index in [0.29, 0.717) is 31.6 Å².